The van der Waals surface area contributed by atoms with E-state index in [-0.39, 0.29) is 5.41 Å². The normalized spacial score (nSPS) is 11.5. The van der Waals surface area contributed by atoms with E-state index in [9.17, 15) is 0 Å². The van der Waals surface area contributed by atoms with Gasteiger partial charge >= 0.3 is 0 Å². The summed E-state index contributed by atoms with van der Waals surface area (Å²) in [5, 5.41) is 1.03. The van der Waals surface area contributed by atoms with Crippen LogP contribution in [0.25, 0.3) is 0 Å². The highest BCUT2D eigenvalue weighted by atomic mass is 79.9. The van der Waals surface area contributed by atoms with Crippen LogP contribution in [0, 0.1) is 0 Å². The molecule has 0 aromatic heterocycles. The van der Waals surface area contributed by atoms with Crippen LogP contribution in [0.1, 0.15) is 32.8 Å². The molecule has 0 aliphatic rings. The predicted octanol–water partition coefficient (Wildman–Crippen LogP) is 4.15. The molecule has 0 heterocycles. The first-order valence-electron chi connectivity index (χ1n) is 5.39. The largest absolute Gasteiger partial charge is 0.494 e. The van der Waals surface area contributed by atoms with E-state index in [1.807, 2.05) is 6.92 Å². The van der Waals surface area contributed by atoms with Crippen LogP contribution in [0.15, 0.2) is 24.3 Å². The van der Waals surface area contributed by atoms with Crippen molar-refractivity contribution in [1.82, 2.24) is 0 Å². The van der Waals surface area contributed by atoms with Crippen LogP contribution in [0.5, 0.6) is 5.75 Å². The summed E-state index contributed by atoms with van der Waals surface area (Å²) >= 11 is 3.50. The van der Waals surface area contributed by atoms with Gasteiger partial charge in [-0.1, -0.05) is 41.9 Å². The van der Waals surface area contributed by atoms with E-state index >= 15 is 0 Å². The summed E-state index contributed by atoms with van der Waals surface area (Å²) < 4.78 is 5.42. The Labute approximate surface area is 101 Å². The van der Waals surface area contributed by atoms with E-state index in [4.69, 9.17) is 4.74 Å². The number of hydrogen-bond acceptors (Lipinski definition) is 1. The Morgan fingerprint density at radius 2 is 1.80 bits per heavy atom. The molecule has 0 amide bonds. The number of hydrogen-bond donors (Lipinski definition) is 0. The van der Waals surface area contributed by atoms with Crippen molar-refractivity contribution < 1.29 is 4.74 Å². The molecule has 1 rings (SSSR count). The number of rotatable bonds is 5. The third-order valence-corrected chi connectivity index (χ3v) is 3.06. The molecule has 0 radical (unpaired) electrons. The molecule has 0 bridgehead atoms. The molecule has 0 fully saturated rings. The van der Waals surface area contributed by atoms with Crippen LogP contribution < -0.4 is 4.74 Å². The second kappa shape index (κ2) is 5.55. The summed E-state index contributed by atoms with van der Waals surface area (Å²) in [6.45, 7) is 7.26. The summed E-state index contributed by atoms with van der Waals surface area (Å²) in [4.78, 5) is 0. The van der Waals surface area contributed by atoms with Crippen molar-refractivity contribution in [2.24, 2.45) is 0 Å². The van der Waals surface area contributed by atoms with Gasteiger partial charge in [-0.25, -0.2) is 0 Å². The molecule has 0 atom stereocenters. The van der Waals surface area contributed by atoms with E-state index in [0.717, 1.165) is 24.1 Å². The molecule has 0 saturated carbocycles. The van der Waals surface area contributed by atoms with Gasteiger partial charge in [0.1, 0.15) is 5.75 Å². The van der Waals surface area contributed by atoms with Gasteiger partial charge in [0.25, 0.3) is 0 Å². The van der Waals surface area contributed by atoms with Crippen LogP contribution in [0.2, 0.25) is 0 Å². The summed E-state index contributed by atoms with van der Waals surface area (Å²) in [5.74, 6) is 0.955. The molecule has 2 heteroatoms. The van der Waals surface area contributed by atoms with E-state index < -0.39 is 0 Å². The second-order valence-electron chi connectivity index (χ2n) is 4.28. The Kier molecular flexibility index (Phi) is 4.65. The molecular weight excluding hydrogens is 252 g/mol. The lowest BCUT2D eigenvalue weighted by atomic mass is 9.82. The van der Waals surface area contributed by atoms with Crippen LogP contribution in [-0.2, 0) is 5.41 Å². The van der Waals surface area contributed by atoms with Gasteiger partial charge in [-0.05, 0) is 36.5 Å². The second-order valence-corrected chi connectivity index (χ2v) is 5.07. The lowest BCUT2D eigenvalue weighted by Gasteiger charge is -2.24. The molecular formula is C13H19BrO. The zero-order chi connectivity index (χ0) is 11.3. The van der Waals surface area contributed by atoms with Crippen molar-refractivity contribution in [1.29, 1.82) is 0 Å². The van der Waals surface area contributed by atoms with Gasteiger partial charge in [-0.15, -0.1) is 0 Å². The molecule has 0 aliphatic carbocycles. The maximum absolute atomic E-state index is 5.42. The Balaban J connectivity index is 2.78. The average molecular weight is 271 g/mol. The number of halogens is 1. The van der Waals surface area contributed by atoms with Crippen molar-refractivity contribution >= 4 is 15.9 Å². The smallest absolute Gasteiger partial charge is 0.119 e. The molecule has 0 spiro atoms. The minimum atomic E-state index is 0.230. The molecule has 84 valence electrons. The van der Waals surface area contributed by atoms with Gasteiger partial charge in [-0.3, -0.25) is 0 Å². The minimum absolute atomic E-state index is 0.230. The zero-order valence-electron chi connectivity index (χ0n) is 9.72. The molecule has 1 nitrogen and oxygen atoms in total. The first-order valence-corrected chi connectivity index (χ1v) is 6.51. The third-order valence-electron chi connectivity index (χ3n) is 2.67. The van der Waals surface area contributed by atoms with Gasteiger partial charge in [0.2, 0.25) is 0 Å². The topological polar surface area (TPSA) is 9.23 Å². The van der Waals surface area contributed by atoms with Crippen molar-refractivity contribution in [3.8, 4) is 5.75 Å². The number of alkyl halides is 1. The predicted molar refractivity (Wildman–Crippen MR) is 69.0 cm³/mol. The Bertz CT molecular complexity index is 290. The highest BCUT2D eigenvalue weighted by Gasteiger charge is 2.19. The Morgan fingerprint density at radius 1 is 1.20 bits per heavy atom. The lowest BCUT2D eigenvalue weighted by Crippen LogP contribution is -2.17. The Morgan fingerprint density at radius 3 is 2.27 bits per heavy atom. The fraction of sp³-hybridized carbons (Fsp3) is 0.538. The molecule has 1 aromatic rings. The zero-order valence-corrected chi connectivity index (χ0v) is 11.3. The highest BCUT2D eigenvalue weighted by molar-refractivity contribution is 9.09. The molecule has 0 unspecified atom stereocenters. The maximum Gasteiger partial charge on any atom is 0.119 e. The number of ether oxygens (including phenoxy) is 1. The van der Waals surface area contributed by atoms with E-state index in [1.54, 1.807) is 0 Å². The van der Waals surface area contributed by atoms with Crippen molar-refractivity contribution in [3.05, 3.63) is 29.8 Å². The van der Waals surface area contributed by atoms with E-state index in [1.165, 1.54) is 5.56 Å². The van der Waals surface area contributed by atoms with Gasteiger partial charge in [0.15, 0.2) is 0 Å². The van der Waals surface area contributed by atoms with Crippen LogP contribution in [0.3, 0.4) is 0 Å². The maximum atomic E-state index is 5.42. The summed E-state index contributed by atoms with van der Waals surface area (Å²) in [7, 11) is 0. The van der Waals surface area contributed by atoms with Gasteiger partial charge in [-0.2, -0.15) is 0 Å². The quantitative estimate of drug-likeness (QED) is 0.731. The van der Waals surface area contributed by atoms with E-state index in [0.29, 0.717) is 0 Å². The minimum Gasteiger partial charge on any atom is -0.494 e. The van der Waals surface area contributed by atoms with Crippen LogP contribution in [-0.4, -0.2) is 11.9 Å². The SMILES string of the molecule is CCOc1ccc(C(C)(C)CCBr)cc1. The van der Waals surface area contributed by atoms with Crippen molar-refractivity contribution in [3.63, 3.8) is 0 Å². The van der Waals surface area contributed by atoms with Gasteiger partial charge < -0.3 is 4.74 Å². The fourth-order valence-electron chi connectivity index (χ4n) is 1.55. The van der Waals surface area contributed by atoms with Gasteiger partial charge in [0.05, 0.1) is 6.61 Å². The van der Waals surface area contributed by atoms with Crippen molar-refractivity contribution in [2.75, 3.05) is 11.9 Å². The van der Waals surface area contributed by atoms with E-state index in [2.05, 4.69) is 54.0 Å². The fourth-order valence-corrected chi connectivity index (χ4v) is 2.54. The van der Waals surface area contributed by atoms with Crippen molar-refractivity contribution in [2.45, 2.75) is 32.6 Å². The van der Waals surface area contributed by atoms with Gasteiger partial charge in [0, 0.05) is 5.33 Å². The van der Waals surface area contributed by atoms with Crippen LogP contribution >= 0.6 is 15.9 Å². The first kappa shape index (κ1) is 12.6. The highest BCUT2D eigenvalue weighted by Crippen LogP contribution is 2.28. The lowest BCUT2D eigenvalue weighted by molar-refractivity contribution is 0.340. The summed E-state index contributed by atoms with van der Waals surface area (Å²) in [6.07, 6.45) is 1.14. The Hall–Kier alpha value is -0.500. The monoisotopic (exact) mass is 270 g/mol. The third kappa shape index (κ3) is 3.53. The molecule has 0 N–H and O–H groups in total. The summed E-state index contributed by atoms with van der Waals surface area (Å²) in [5.41, 5.74) is 1.60. The standard InChI is InChI=1S/C13H19BrO/c1-4-15-12-7-5-11(6-8-12)13(2,3)9-10-14/h5-8H,4,9-10H2,1-3H3. The molecule has 15 heavy (non-hydrogen) atoms. The molecule has 0 aliphatic heterocycles. The molecule has 0 saturated heterocycles. The molecule has 1 aromatic carbocycles. The first-order chi connectivity index (χ1) is 7.10. The van der Waals surface area contributed by atoms with Crippen LogP contribution in [0.4, 0.5) is 0 Å². The number of benzene rings is 1. The average Bonchev–Trinajstić information content (AvgIpc) is 2.19. The summed E-state index contributed by atoms with van der Waals surface area (Å²) in [6, 6.07) is 8.42.